The second-order valence-corrected chi connectivity index (χ2v) is 4.57. The standard InChI is InChI=1S/C13H16N4/c1-10-6-13-15-8-11(9-17(13)16-10)7-14-12-4-2-3-5-12/h2-3,6,8-9,12,14H,4-5,7H2,1H3. The Hall–Kier alpha value is -1.68. The van der Waals surface area contributed by atoms with E-state index in [4.69, 9.17) is 0 Å². The van der Waals surface area contributed by atoms with Crippen LogP contribution < -0.4 is 5.32 Å². The molecule has 0 radical (unpaired) electrons. The smallest absolute Gasteiger partial charge is 0.155 e. The Morgan fingerprint density at radius 2 is 2.24 bits per heavy atom. The molecule has 2 aromatic heterocycles. The van der Waals surface area contributed by atoms with Crippen molar-refractivity contribution in [2.45, 2.75) is 32.4 Å². The van der Waals surface area contributed by atoms with E-state index in [1.807, 2.05) is 29.9 Å². The molecule has 0 unspecified atom stereocenters. The largest absolute Gasteiger partial charge is 0.309 e. The monoisotopic (exact) mass is 228 g/mol. The molecule has 2 aromatic rings. The predicted molar refractivity (Wildman–Crippen MR) is 66.7 cm³/mol. The fraction of sp³-hybridized carbons (Fsp3) is 0.385. The first-order valence-electron chi connectivity index (χ1n) is 6.00. The maximum Gasteiger partial charge on any atom is 0.155 e. The van der Waals surface area contributed by atoms with Crippen LogP contribution in [-0.4, -0.2) is 20.6 Å². The van der Waals surface area contributed by atoms with Crippen LogP contribution in [0, 0.1) is 6.92 Å². The van der Waals surface area contributed by atoms with E-state index in [0.717, 1.165) is 30.7 Å². The van der Waals surface area contributed by atoms with Gasteiger partial charge in [-0.3, -0.25) is 0 Å². The number of fused-ring (bicyclic) bond motifs is 1. The summed E-state index contributed by atoms with van der Waals surface area (Å²) in [6.07, 6.45) is 10.7. The summed E-state index contributed by atoms with van der Waals surface area (Å²) in [5, 5.41) is 7.89. The number of nitrogens with one attached hydrogen (secondary N) is 1. The fourth-order valence-electron chi connectivity index (χ4n) is 2.17. The van der Waals surface area contributed by atoms with Crippen LogP contribution in [0.1, 0.15) is 24.1 Å². The van der Waals surface area contributed by atoms with Crippen LogP contribution in [0.4, 0.5) is 0 Å². The lowest BCUT2D eigenvalue weighted by atomic mass is 10.2. The maximum absolute atomic E-state index is 4.39. The lowest BCUT2D eigenvalue weighted by molar-refractivity contribution is 0.536. The molecule has 0 saturated carbocycles. The molecule has 0 atom stereocenters. The van der Waals surface area contributed by atoms with E-state index in [0.29, 0.717) is 6.04 Å². The molecule has 4 nitrogen and oxygen atoms in total. The highest BCUT2D eigenvalue weighted by Gasteiger charge is 2.09. The van der Waals surface area contributed by atoms with Gasteiger partial charge in [0.25, 0.3) is 0 Å². The minimum Gasteiger partial charge on any atom is -0.309 e. The van der Waals surface area contributed by atoms with Crippen LogP contribution in [0.2, 0.25) is 0 Å². The SMILES string of the molecule is Cc1cc2ncc(CNC3CC=CC3)cn2n1. The Bertz CT molecular complexity index is 548. The molecule has 0 bridgehead atoms. The zero-order chi connectivity index (χ0) is 11.7. The first kappa shape index (κ1) is 10.5. The van der Waals surface area contributed by atoms with Gasteiger partial charge in [-0.2, -0.15) is 5.10 Å². The average Bonchev–Trinajstić information content (AvgIpc) is 2.92. The van der Waals surface area contributed by atoms with Crippen molar-refractivity contribution in [3.05, 3.63) is 41.9 Å². The van der Waals surface area contributed by atoms with Gasteiger partial charge in [0.15, 0.2) is 5.65 Å². The minimum atomic E-state index is 0.588. The van der Waals surface area contributed by atoms with E-state index in [9.17, 15) is 0 Å². The molecule has 1 N–H and O–H groups in total. The van der Waals surface area contributed by atoms with Crippen LogP contribution in [-0.2, 0) is 6.54 Å². The van der Waals surface area contributed by atoms with Crippen molar-refractivity contribution in [1.29, 1.82) is 0 Å². The average molecular weight is 228 g/mol. The van der Waals surface area contributed by atoms with E-state index in [-0.39, 0.29) is 0 Å². The zero-order valence-corrected chi connectivity index (χ0v) is 9.93. The highest BCUT2D eigenvalue weighted by molar-refractivity contribution is 5.38. The van der Waals surface area contributed by atoms with E-state index in [2.05, 4.69) is 27.6 Å². The molecule has 4 heteroatoms. The van der Waals surface area contributed by atoms with Gasteiger partial charge in [0.05, 0.1) is 5.69 Å². The van der Waals surface area contributed by atoms with Gasteiger partial charge in [-0.25, -0.2) is 9.50 Å². The third-order valence-corrected chi connectivity index (χ3v) is 3.09. The van der Waals surface area contributed by atoms with E-state index >= 15 is 0 Å². The highest BCUT2D eigenvalue weighted by atomic mass is 15.2. The molecule has 3 rings (SSSR count). The minimum absolute atomic E-state index is 0.588. The summed E-state index contributed by atoms with van der Waals surface area (Å²) in [5.41, 5.74) is 3.09. The first-order valence-corrected chi connectivity index (χ1v) is 6.00. The summed E-state index contributed by atoms with van der Waals surface area (Å²) < 4.78 is 1.85. The fourth-order valence-corrected chi connectivity index (χ4v) is 2.17. The Morgan fingerprint density at radius 3 is 3.06 bits per heavy atom. The second kappa shape index (κ2) is 4.30. The molecular weight excluding hydrogens is 212 g/mol. The normalized spacial score (nSPS) is 16.1. The highest BCUT2D eigenvalue weighted by Crippen LogP contribution is 2.10. The Kier molecular flexibility index (Phi) is 2.65. The quantitative estimate of drug-likeness (QED) is 0.815. The van der Waals surface area contributed by atoms with Crippen molar-refractivity contribution < 1.29 is 0 Å². The van der Waals surface area contributed by atoms with Gasteiger partial charge in [0.2, 0.25) is 0 Å². The number of hydrogen-bond acceptors (Lipinski definition) is 3. The van der Waals surface area contributed by atoms with Crippen molar-refractivity contribution in [2.24, 2.45) is 0 Å². The summed E-state index contributed by atoms with van der Waals surface area (Å²) in [7, 11) is 0. The van der Waals surface area contributed by atoms with Crippen LogP contribution in [0.15, 0.2) is 30.6 Å². The molecule has 0 aliphatic heterocycles. The molecular formula is C13H16N4. The third-order valence-electron chi connectivity index (χ3n) is 3.09. The number of nitrogens with zero attached hydrogens (tertiary/aromatic N) is 3. The zero-order valence-electron chi connectivity index (χ0n) is 9.93. The molecule has 0 aromatic carbocycles. The van der Waals surface area contributed by atoms with Gasteiger partial charge in [0, 0.05) is 36.6 Å². The Balaban J connectivity index is 1.71. The van der Waals surface area contributed by atoms with Gasteiger partial charge < -0.3 is 5.32 Å². The topological polar surface area (TPSA) is 42.2 Å². The molecule has 2 heterocycles. The predicted octanol–water partition coefficient (Wildman–Crippen LogP) is 1.85. The summed E-state index contributed by atoms with van der Waals surface area (Å²) >= 11 is 0. The molecule has 17 heavy (non-hydrogen) atoms. The lowest BCUT2D eigenvalue weighted by Gasteiger charge is -2.11. The number of aromatic nitrogens is 3. The van der Waals surface area contributed by atoms with Crippen LogP contribution in [0.25, 0.3) is 5.65 Å². The Morgan fingerprint density at radius 1 is 1.41 bits per heavy atom. The van der Waals surface area contributed by atoms with Crippen LogP contribution in [0.3, 0.4) is 0 Å². The molecule has 88 valence electrons. The molecule has 0 spiro atoms. The lowest BCUT2D eigenvalue weighted by Crippen LogP contribution is -2.25. The van der Waals surface area contributed by atoms with E-state index in [1.54, 1.807) is 0 Å². The van der Waals surface area contributed by atoms with Crippen molar-refractivity contribution in [3.8, 4) is 0 Å². The van der Waals surface area contributed by atoms with Gasteiger partial charge >= 0.3 is 0 Å². The summed E-state index contributed by atoms with van der Waals surface area (Å²) in [5.74, 6) is 0. The van der Waals surface area contributed by atoms with Crippen molar-refractivity contribution >= 4 is 5.65 Å². The van der Waals surface area contributed by atoms with Gasteiger partial charge in [-0.15, -0.1) is 0 Å². The third kappa shape index (κ3) is 2.22. The Labute approximate surface area is 100 Å². The number of rotatable bonds is 3. The van der Waals surface area contributed by atoms with E-state index < -0.39 is 0 Å². The van der Waals surface area contributed by atoms with Gasteiger partial charge in [-0.05, 0) is 19.8 Å². The second-order valence-electron chi connectivity index (χ2n) is 4.57. The molecule has 0 amide bonds. The summed E-state index contributed by atoms with van der Waals surface area (Å²) in [4.78, 5) is 4.39. The van der Waals surface area contributed by atoms with Crippen LogP contribution >= 0.6 is 0 Å². The number of aryl methyl sites for hydroxylation is 1. The molecule has 0 fully saturated rings. The van der Waals surface area contributed by atoms with Crippen molar-refractivity contribution in [1.82, 2.24) is 19.9 Å². The summed E-state index contributed by atoms with van der Waals surface area (Å²) in [6.45, 7) is 2.84. The van der Waals surface area contributed by atoms with Crippen molar-refractivity contribution in [2.75, 3.05) is 0 Å². The molecule has 0 saturated heterocycles. The van der Waals surface area contributed by atoms with Gasteiger partial charge in [-0.1, -0.05) is 12.2 Å². The number of hydrogen-bond donors (Lipinski definition) is 1. The van der Waals surface area contributed by atoms with Gasteiger partial charge in [0.1, 0.15) is 0 Å². The maximum atomic E-state index is 4.39. The first-order chi connectivity index (χ1) is 8.31. The summed E-state index contributed by atoms with van der Waals surface area (Å²) in [6, 6.07) is 2.57. The van der Waals surface area contributed by atoms with E-state index in [1.165, 1.54) is 5.56 Å². The van der Waals surface area contributed by atoms with Crippen molar-refractivity contribution in [3.63, 3.8) is 0 Å². The molecule has 1 aliphatic carbocycles. The van der Waals surface area contributed by atoms with Crippen LogP contribution in [0.5, 0.6) is 0 Å². The molecule has 1 aliphatic rings.